The maximum Gasteiger partial charge on any atom is 0.349 e. The summed E-state index contributed by atoms with van der Waals surface area (Å²) >= 11 is 0. The third-order valence-electron chi connectivity index (χ3n) is 5.06. The van der Waals surface area contributed by atoms with Gasteiger partial charge in [0.15, 0.2) is 9.84 Å². The van der Waals surface area contributed by atoms with E-state index in [4.69, 9.17) is 8.83 Å². The summed E-state index contributed by atoms with van der Waals surface area (Å²) < 4.78 is 34.0. The first kappa shape index (κ1) is 20.6. The predicted octanol–water partition coefficient (Wildman–Crippen LogP) is 3.65. The lowest BCUT2D eigenvalue weighted by molar-refractivity contribution is 0.102. The normalized spacial score (nSPS) is 11.7. The number of nitrogens with zero attached hydrogens (tertiary/aromatic N) is 2. The van der Waals surface area contributed by atoms with E-state index in [-0.39, 0.29) is 22.4 Å². The van der Waals surface area contributed by atoms with Crippen molar-refractivity contribution >= 4 is 43.5 Å². The zero-order valence-electron chi connectivity index (χ0n) is 17.1. The third kappa shape index (κ3) is 3.87. The van der Waals surface area contributed by atoms with Crippen LogP contribution in [0.4, 0.5) is 6.01 Å². The van der Waals surface area contributed by atoms with Crippen molar-refractivity contribution < 1.29 is 22.0 Å². The van der Waals surface area contributed by atoms with Gasteiger partial charge in [-0.25, -0.2) is 13.2 Å². The van der Waals surface area contributed by atoms with Gasteiger partial charge in [0, 0.05) is 17.2 Å². The quantitative estimate of drug-likeness (QED) is 0.317. The van der Waals surface area contributed by atoms with Crippen LogP contribution in [0.5, 0.6) is 0 Å². The summed E-state index contributed by atoms with van der Waals surface area (Å²) in [5.41, 5.74) is -0.178. The number of carbonyl (C=O) groups is 1. The molecule has 1 N–H and O–H groups in total. The van der Waals surface area contributed by atoms with Crippen LogP contribution in [-0.4, -0.2) is 30.8 Å². The molecule has 0 bridgehead atoms. The summed E-state index contributed by atoms with van der Waals surface area (Å²) in [6, 6.07) is 18.2. The Balaban J connectivity index is 1.44. The Kier molecular flexibility index (Phi) is 4.79. The van der Waals surface area contributed by atoms with Crippen molar-refractivity contribution in [3.63, 3.8) is 0 Å². The van der Waals surface area contributed by atoms with E-state index in [0.717, 1.165) is 17.0 Å². The number of fused-ring (bicyclic) bond motifs is 3. The molecule has 0 spiro atoms. The van der Waals surface area contributed by atoms with Gasteiger partial charge in [-0.15, -0.1) is 5.10 Å². The van der Waals surface area contributed by atoms with Gasteiger partial charge in [-0.05, 0) is 47.2 Å². The van der Waals surface area contributed by atoms with Gasteiger partial charge in [-0.3, -0.25) is 10.1 Å². The van der Waals surface area contributed by atoms with Crippen molar-refractivity contribution in [1.29, 1.82) is 0 Å². The smallest absolute Gasteiger partial charge is 0.349 e. The van der Waals surface area contributed by atoms with E-state index in [1.165, 1.54) is 30.3 Å². The fourth-order valence-corrected chi connectivity index (χ4v) is 4.06. The summed E-state index contributed by atoms with van der Waals surface area (Å²) in [6.45, 7) is 0. The summed E-state index contributed by atoms with van der Waals surface area (Å²) in [5, 5.41) is 12.4. The Morgan fingerprint density at radius 2 is 1.67 bits per heavy atom. The van der Waals surface area contributed by atoms with Crippen molar-refractivity contribution in [3.05, 3.63) is 82.7 Å². The molecule has 2 heterocycles. The molecule has 2 aromatic heterocycles. The van der Waals surface area contributed by atoms with Crippen LogP contribution in [0.1, 0.15) is 10.4 Å². The summed E-state index contributed by atoms with van der Waals surface area (Å²) in [5.74, 6) is -0.692. The van der Waals surface area contributed by atoms with E-state index in [1.54, 1.807) is 6.07 Å². The molecule has 0 fully saturated rings. The number of benzene rings is 3. The zero-order valence-corrected chi connectivity index (χ0v) is 17.9. The minimum Gasteiger partial charge on any atom is -0.422 e. The number of anilines is 1. The monoisotopic (exact) mass is 461 g/mol. The molecule has 0 radical (unpaired) electrons. The second-order valence-electron chi connectivity index (χ2n) is 7.31. The summed E-state index contributed by atoms with van der Waals surface area (Å²) in [4.78, 5) is 25.3. The first-order valence-corrected chi connectivity index (χ1v) is 11.6. The molecule has 5 aromatic rings. The van der Waals surface area contributed by atoms with Crippen LogP contribution >= 0.6 is 0 Å². The number of aromatic nitrogens is 2. The topological polar surface area (TPSA) is 132 Å². The highest BCUT2D eigenvalue weighted by Gasteiger charge is 2.18. The Morgan fingerprint density at radius 3 is 2.42 bits per heavy atom. The predicted molar refractivity (Wildman–Crippen MR) is 121 cm³/mol. The van der Waals surface area contributed by atoms with Gasteiger partial charge in [0.25, 0.3) is 5.91 Å². The van der Waals surface area contributed by atoms with Gasteiger partial charge in [-0.2, -0.15) is 0 Å². The molecular weight excluding hydrogens is 446 g/mol. The summed E-state index contributed by atoms with van der Waals surface area (Å²) in [7, 11) is -3.34. The van der Waals surface area contributed by atoms with Crippen LogP contribution in [0.25, 0.3) is 33.2 Å². The van der Waals surface area contributed by atoms with E-state index in [9.17, 15) is 18.0 Å². The largest absolute Gasteiger partial charge is 0.422 e. The van der Waals surface area contributed by atoms with Crippen LogP contribution in [0.15, 0.2) is 85.3 Å². The Morgan fingerprint density at radius 1 is 0.909 bits per heavy atom. The van der Waals surface area contributed by atoms with Crippen molar-refractivity contribution in [2.24, 2.45) is 0 Å². The lowest BCUT2D eigenvalue weighted by atomic mass is 10.0. The van der Waals surface area contributed by atoms with E-state index in [0.29, 0.717) is 16.5 Å². The maximum absolute atomic E-state index is 12.7. The molecule has 164 valence electrons. The van der Waals surface area contributed by atoms with E-state index >= 15 is 0 Å². The van der Waals surface area contributed by atoms with Gasteiger partial charge in [0.1, 0.15) is 11.1 Å². The Hall–Kier alpha value is -4.31. The van der Waals surface area contributed by atoms with E-state index in [2.05, 4.69) is 15.5 Å². The lowest BCUT2D eigenvalue weighted by Crippen LogP contribution is -2.20. The summed E-state index contributed by atoms with van der Waals surface area (Å²) in [6.07, 6.45) is 1.11. The number of hydrogen-bond acceptors (Lipinski definition) is 8. The van der Waals surface area contributed by atoms with Crippen LogP contribution in [0.2, 0.25) is 0 Å². The zero-order chi connectivity index (χ0) is 23.2. The highest BCUT2D eigenvalue weighted by atomic mass is 32.2. The molecule has 0 aliphatic heterocycles. The Bertz CT molecular complexity index is 1700. The van der Waals surface area contributed by atoms with Gasteiger partial charge in [0.2, 0.25) is 5.89 Å². The average molecular weight is 461 g/mol. The first-order valence-electron chi connectivity index (χ1n) is 9.70. The van der Waals surface area contributed by atoms with Crippen LogP contribution in [0.3, 0.4) is 0 Å². The number of hydrogen-bond donors (Lipinski definition) is 1. The average Bonchev–Trinajstić information content (AvgIpc) is 3.26. The molecular formula is C23H15N3O6S. The molecule has 33 heavy (non-hydrogen) atoms. The highest BCUT2D eigenvalue weighted by molar-refractivity contribution is 7.90. The lowest BCUT2D eigenvalue weighted by Gasteiger charge is -2.05. The van der Waals surface area contributed by atoms with Crippen LogP contribution in [-0.2, 0) is 9.84 Å². The van der Waals surface area contributed by atoms with Gasteiger partial charge in [0.05, 0.1) is 4.90 Å². The molecule has 3 aromatic carbocycles. The van der Waals surface area contributed by atoms with Gasteiger partial charge >= 0.3 is 11.6 Å². The molecule has 0 aliphatic carbocycles. The fourth-order valence-electron chi connectivity index (χ4n) is 3.43. The second kappa shape index (κ2) is 7.68. The third-order valence-corrected chi connectivity index (χ3v) is 6.19. The standard InChI is InChI=1S/C23H15N3O6S/c1-33(29,30)15-9-6-14(7-10-15)21-25-26-23(32-21)24-20(27)18-12-17-16-5-3-2-4-13(16)8-11-19(17)31-22(18)28/h2-12H,1H3,(H,24,26,27). The number of rotatable bonds is 4. The molecule has 10 heteroatoms. The first-order chi connectivity index (χ1) is 15.8. The minimum atomic E-state index is -3.34. The molecule has 0 saturated carbocycles. The van der Waals surface area contributed by atoms with Crippen LogP contribution in [0, 0.1) is 0 Å². The fraction of sp³-hybridized carbons (Fsp3) is 0.0435. The van der Waals surface area contributed by atoms with Crippen molar-refractivity contribution in [2.45, 2.75) is 4.90 Å². The number of nitrogens with one attached hydrogen (secondary N) is 1. The SMILES string of the molecule is CS(=O)(=O)c1ccc(-c2nnc(NC(=O)c3cc4c(ccc5ccccc54)oc3=O)o2)cc1. The molecule has 0 saturated heterocycles. The molecule has 0 atom stereocenters. The van der Waals surface area contributed by atoms with Crippen molar-refractivity contribution in [3.8, 4) is 11.5 Å². The minimum absolute atomic E-state index is 0.0712. The van der Waals surface area contributed by atoms with E-state index < -0.39 is 21.4 Å². The van der Waals surface area contributed by atoms with E-state index in [1.807, 2.05) is 30.3 Å². The highest BCUT2D eigenvalue weighted by Crippen LogP contribution is 2.26. The molecule has 9 nitrogen and oxygen atoms in total. The van der Waals surface area contributed by atoms with Crippen LogP contribution < -0.4 is 10.9 Å². The molecule has 0 unspecified atom stereocenters. The molecule has 5 rings (SSSR count). The van der Waals surface area contributed by atoms with Crippen molar-refractivity contribution in [1.82, 2.24) is 10.2 Å². The molecule has 1 amide bonds. The number of amides is 1. The van der Waals surface area contributed by atoms with Gasteiger partial charge in [-0.1, -0.05) is 35.4 Å². The Labute approximate surface area is 186 Å². The number of sulfone groups is 1. The maximum atomic E-state index is 12.7. The second-order valence-corrected chi connectivity index (χ2v) is 9.32. The van der Waals surface area contributed by atoms with Crippen molar-refractivity contribution in [2.75, 3.05) is 11.6 Å². The number of carbonyl (C=O) groups excluding carboxylic acids is 1. The molecule has 0 aliphatic rings. The van der Waals surface area contributed by atoms with Gasteiger partial charge < -0.3 is 8.83 Å².